The maximum Gasteiger partial charge on any atom is 0.240 e. The van der Waals surface area contributed by atoms with Gasteiger partial charge in [0.1, 0.15) is 11.9 Å². The Hall–Kier alpha value is -4.00. The molecule has 0 N–H and O–H groups in total. The van der Waals surface area contributed by atoms with Crippen LogP contribution in [-0.2, 0) is 32.6 Å². The Balaban J connectivity index is 1.32. The van der Waals surface area contributed by atoms with Gasteiger partial charge >= 0.3 is 0 Å². The molecule has 3 heterocycles. The Bertz CT molecular complexity index is 1240. The minimum Gasteiger partial charge on any atom is -0.488 e. The van der Waals surface area contributed by atoms with E-state index >= 15 is 0 Å². The van der Waals surface area contributed by atoms with Crippen molar-refractivity contribution in [3.63, 3.8) is 0 Å². The first-order valence-electron chi connectivity index (χ1n) is 12.2. The van der Waals surface area contributed by atoms with Crippen molar-refractivity contribution in [2.75, 3.05) is 20.1 Å². The molecule has 2 aliphatic heterocycles. The fraction of sp³-hybridized carbons (Fsp3) is 0.310. The van der Waals surface area contributed by atoms with Crippen molar-refractivity contribution in [1.29, 1.82) is 0 Å². The van der Waals surface area contributed by atoms with Gasteiger partial charge in [0.05, 0.1) is 12.0 Å². The summed E-state index contributed by atoms with van der Waals surface area (Å²) in [5.74, 6) is 0.0843. The van der Waals surface area contributed by atoms with Gasteiger partial charge in [-0.05, 0) is 29.3 Å². The molecule has 184 valence electrons. The second kappa shape index (κ2) is 9.93. The number of benzene rings is 2. The Morgan fingerprint density at radius 3 is 2.56 bits per heavy atom. The smallest absolute Gasteiger partial charge is 0.240 e. The van der Waals surface area contributed by atoms with Crippen molar-refractivity contribution in [3.8, 4) is 5.75 Å². The first kappa shape index (κ1) is 23.7. The number of likely N-dealkylation sites (tertiary alicyclic amines) is 1. The van der Waals surface area contributed by atoms with Crippen molar-refractivity contribution in [3.05, 3.63) is 95.8 Å². The van der Waals surface area contributed by atoms with E-state index in [0.29, 0.717) is 18.5 Å². The van der Waals surface area contributed by atoms with Gasteiger partial charge in [0, 0.05) is 51.2 Å². The van der Waals surface area contributed by atoms with Crippen LogP contribution in [0, 0.1) is 0 Å². The third kappa shape index (κ3) is 4.61. The van der Waals surface area contributed by atoms with Gasteiger partial charge in [0.2, 0.25) is 17.7 Å². The number of fused-ring (bicyclic) bond motifs is 1. The number of carbonyl (C=O) groups is 3. The Labute approximate surface area is 210 Å². The van der Waals surface area contributed by atoms with Crippen LogP contribution in [0.5, 0.6) is 5.75 Å². The molecule has 7 nitrogen and oxygen atoms in total. The lowest BCUT2D eigenvalue weighted by Crippen LogP contribution is -2.44. The van der Waals surface area contributed by atoms with Crippen molar-refractivity contribution in [2.24, 2.45) is 0 Å². The molecule has 0 spiro atoms. The number of hydrogen-bond acceptors (Lipinski definition) is 5. The minimum absolute atomic E-state index is 0.0248. The van der Waals surface area contributed by atoms with Crippen molar-refractivity contribution >= 4 is 17.7 Å². The lowest BCUT2D eigenvalue weighted by molar-refractivity contribution is -0.142. The standard InChI is InChI=1S/C29H29N3O4/c1-31(20-24-17-21-9-5-6-13-25(21)36-24)26(33)18-29(22-10-3-2-4-11-22)19-27(34)32(28(29)35)16-14-23-12-7-8-15-30-23/h2-13,15,24H,14,16-20H2,1H3/t24-,29-/m0/s1. The molecular formula is C29H29N3O4. The highest BCUT2D eigenvalue weighted by Gasteiger charge is 2.53. The number of ether oxygens (including phenoxy) is 1. The molecule has 3 aromatic rings. The topological polar surface area (TPSA) is 79.8 Å². The summed E-state index contributed by atoms with van der Waals surface area (Å²) in [4.78, 5) is 47.6. The number of nitrogens with zero attached hydrogens (tertiary/aromatic N) is 3. The van der Waals surface area contributed by atoms with Crippen LogP contribution < -0.4 is 4.74 Å². The zero-order chi connectivity index (χ0) is 25.1. The molecule has 2 aromatic carbocycles. The van der Waals surface area contributed by atoms with E-state index in [1.165, 1.54) is 4.90 Å². The number of aromatic nitrogens is 1. The number of pyridine rings is 1. The summed E-state index contributed by atoms with van der Waals surface area (Å²) in [7, 11) is 1.73. The summed E-state index contributed by atoms with van der Waals surface area (Å²) in [6.07, 6.45) is 2.66. The third-order valence-corrected chi connectivity index (χ3v) is 7.12. The zero-order valence-electron chi connectivity index (χ0n) is 20.3. The van der Waals surface area contributed by atoms with Crippen LogP contribution in [0.25, 0.3) is 0 Å². The number of para-hydroxylation sites is 1. The maximum atomic E-state index is 13.8. The summed E-state index contributed by atoms with van der Waals surface area (Å²) < 4.78 is 6.01. The molecule has 5 rings (SSSR count). The lowest BCUT2D eigenvalue weighted by atomic mass is 9.75. The summed E-state index contributed by atoms with van der Waals surface area (Å²) >= 11 is 0. The molecule has 0 radical (unpaired) electrons. The highest BCUT2D eigenvalue weighted by atomic mass is 16.5. The number of likely N-dealkylation sites (N-methyl/N-ethyl adjacent to an activating group) is 1. The largest absolute Gasteiger partial charge is 0.488 e. The Morgan fingerprint density at radius 2 is 1.81 bits per heavy atom. The average Bonchev–Trinajstić information content (AvgIpc) is 3.41. The van der Waals surface area contributed by atoms with Crippen molar-refractivity contribution < 1.29 is 19.1 Å². The fourth-order valence-corrected chi connectivity index (χ4v) is 5.18. The monoisotopic (exact) mass is 483 g/mol. The van der Waals surface area contributed by atoms with Gasteiger partial charge < -0.3 is 9.64 Å². The molecule has 0 aliphatic carbocycles. The number of amides is 3. The van der Waals surface area contributed by atoms with Gasteiger partial charge in [-0.3, -0.25) is 24.3 Å². The van der Waals surface area contributed by atoms with Crippen LogP contribution in [-0.4, -0.2) is 58.7 Å². The lowest BCUT2D eigenvalue weighted by Gasteiger charge is -2.30. The molecule has 1 fully saturated rings. The van der Waals surface area contributed by atoms with E-state index in [1.54, 1.807) is 18.1 Å². The fourth-order valence-electron chi connectivity index (χ4n) is 5.18. The van der Waals surface area contributed by atoms with Crippen molar-refractivity contribution in [2.45, 2.75) is 37.2 Å². The number of carbonyl (C=O) groups excluding carboxylic acids is 3. The second-order valence-electron chi connectivity index (χ2n) is 9.55. The van der Waals surface area contributed by atoms with E-state index < -0.39 is 5.41 Å². The molecule has 7 heteroatoms. The number of imide groups is 1. The van der Waals surface area contributed by atoms with Crippen LogP contribution >= 0.6 is 0 Å². The highest BCUT2D eigenvalue weighted by molar-refractivity contribution is 6.10. The van der Waals surface area contributed by atoms with Gasteiger partial charge in [-0.25, -0.2) is 0 Å². The number of hydrogen-bond donors (Lipinski definition) is 0. The van der Waals surface area contributed by atoms with Crippen LogP contribution in [0.15, 0.2) is 79.0 Å². The predicted octanol–water partition coefficient (Wildman–Crippen LogP) is 3.17. The SMILES string of the molecule is CN(C[C@@H]1Cc2ccccc2O1)C(=O)C[C@@]1(c2ccccc2)CC(=O)N(CCc2ccccn2)C1=O. The maximum absolute atomic E-state index is 13.8. The first-order valence-corrected chi connectivity index (χ1v) is 12.2. The van der Waals surface area contributed by atoms with E-state index in [-0.39, 0.29) is 43.2 Å². The van der Waals surface area contributed by atoms with Crippen LogP contribution in [0.1, 0.15) is 29.7 Å². The molecule has 0 unspecified atom stereocenters. The van der Waals surface area contributed by atoms with Crippen LogP contribution in [0.4, 0.5) is 0 Å². The van der Waals surface area contributed by atoms with E-state index in [0.717, 1.165) is 23.4 Å². The molecule has 2 aliphatic rings. The van der Waals surface area contributed by atoms with Gasteiger partial charge in [-0.15, -0.1) is 0 Å². The van der Waals surface area contributed by atoms with Crippen LogP contribution in [0.3, 0.4) is 0 Å². The Morgan fingerprint density at radius 1 is 1.06 bits per heavy atom. The van der Waals surface area contributed by atoms with Gasteiger partial charge in [0.25, 0.3) is 0 Å². The molecular weight excluding hydrogens is 454 g/mol. The summed E-state index contributed by atoms with van der Waals surface area (Å²) in [6, 6.07) is 22.7. The minimum atomic E-state index is -1.21. The second-order valence-corrected chi connectivity index (χ2v) is 9.55. The van der Waals surface area contributed by atoms with E-state index in [2.05, 4.69) is 4.98 Å². The number of rotatable bonds is 8. The third-order valence-electron chi connectivity index (χ3n) is 7.12. The van der Waals surface area contributed by atoms with Crippen molar-refractivity contribution in [1.82, 2.24) is 14.8 Å². The molecule has 1 saturated heterocycles. The normalized spacial score (nSPS) is 20.8. The zero-order valence-corrected chi connectivity index (χ0v) is 20.3. The first-order chi connectivity index (χ1) is 17.5. The predicted molar refractivity (Wildman–Crippen MR) is 134 cm³/mol. The van der Waals surface area contributed by atoms with E-state index in [4.69, 9.17) is 4.74 Å². The summed E-state index contributed by atoms with van der Waals surface area (Å²) in [6.45, 7) is 0.644. The molecule has 0 saturated carbocycles. The highest BCUT2D eigenvalue weighted by Crippen LogP contribution is 2.40. The van der Waals surface area contributed by atoms with Gasteiger partial charge in [-0.1, -0.05) is 54.6 Å². The van der Waals surface area contributed by atoms with Gasteiger partial charge in [-0.2, -0.15) is 0 Å². The van der Waals surface area contributed by atoms with E-state index in [9.17, 15) is 14.4 Å². The molecule has 2 atom stereocenters. The average molecular weight is 484 g/mol. The summed E-state index contributed by atoms with van der Waals surface area (Å²) in [5.41, 5.74) is 1.41. The molecule has 0 bridgehead atoms. The molecule has 36 heavy (non-hydrogen) atoms. The van der Waals surface area contributed by atoms with E-state index in [1.807, 2.05) is 72.8 Å². The Kier molecular flexibility index (Phi) is 6.55. The molecule has 3 amide bonds. The molecule has 1 aromatic heterocycles. The quantitative estimate of drug-likeness (QED) is 0.460. The van der Waals surface area contributed by atoms with Crippen LogP contribution in [0.2, 0.25) is 0 Å². The summed E-state index contributed by atoms with van der Waals surface area (Å²) in [5, 5.41) is 0. The van der Waals surface area contributed by atoms with Gasteiger partial charge in [0.15, 0.2) is 0 Å².